The molecule has 7 heteroatoms. The zero-order valence-electron chi connectivity index (χ0n) is 7.95. The second kappa shape index (κ2) is 4.01. The zero-order valence-corrected chi connectivity index (χ0v) is 8.77. The number of ether oxygens (including phenoxy) is 2. The molecule has 0 heterocycles. The van der Waals surface area contributed by atoms with Crippen molar-refractivity contribution >= 4 is 10.2 Å². The lowest BCUT2D eigenvalue weighted by Crippen LogP contribution is -2.02. The molecule has 0 atom stereocenters. The summed E-state index contributed by atoms with van der Waals surface area (Å²) in [6.45, 7) is 0. The normalized spacial score (nSPS) is 11.2. The van der Waals surface area contributed by atoms with E-state index in [1.54, 1.807) is 0 Å². The van der Waals surface area contributed by atoms with Crippen LogP contribution in [0.15, 0.2) is 17.0 Å². The number of halogens is 2. The molecule has 15 heavy (non-hydrogen) atoms. The van der Waals surface area contributed by atoms with Crippen molar-refractivity contribution in [2.45, 2.75) is 4.90 Å². The molecule has 0 aliphatic carbocycles. The Morgan fingerprint density at radius 1 is 1.20 bits per heavy atom. The van der Waals surface area contributed by atoms with Crippen molar-refractivity contribution in [2.75, 3.05) is 14.2 Å². The van der Waals surface area contributed by atoms with Crippen molar-refractivity contribution in [3.05, 3.63) is 17.9 Å². The lowest BCUT2D eigenvalue weighted by Gasteiger charge is -2.10. The van der Waals surface area contributed by atoms with Crippen LogP contribution in [0, 0.1) is 5.82 Å². The molecule has 0 bridgehead atoms. The first-order valence-corrected chi connectivity index (χ1v) is 5.15. The third-order valence-corrected chi connectivity index (χ3v) is 2.56. The molecule has 0 aliphatic rings. The van der Waals surface area contributed by atoms with Crippen LogP contribution in [-0.4, -0.2) is 22.6 Å². The molecular formula is C8H8F2O4S. The number of hydrogen-bond acceptors (Lipinski definition) is 4. The summed E-state index contributed by atoms with van der Waals surface area (Å²) in [6, 6.07) is 1.93. The Hall–Kier alpha value is -1.37. The fourth-order valence-corrected chi connectivity index (χ4v) is 1.81. The average molecular weight is 238 g/mol. The highest BCUT2D eigenvalue weighted by molar-refractivity contribution is 7.86. The van der Waals surface area contributed by atoms with E-state index in [1.165, 1.54) is 7.11 Å². The predicted molar refractivity (Wildman–Crippen MR) is 47.8 cm³/mol. The van der Waals surface area contributed by atoms with Crippen molar-refractivity contribution in [1.29, 1.82) is 0 Å². The van der Waals surface area contributed by atoms with Crippen LogP contribution in [-0.2, 0) is 10.2 Å². The van der Waals surface area contributed by atoms with Crippen LogP contribution in [0.5, 0.6) is 11.5 Å². The Balaban J connectivity index is 3.61. The summed E-state index contributed by atoms with van der Waals surface area (Å²) >= 11 is 0. The first-order chi connectivity index (χ1) is 6.91. The zero-order chi connectivity index (χ0) is 11.6. The highest BCUT2D eigenvalue weighted by Crippen LogP contribution is 2.36. The molecule has 1 rings (SSSR count). The summed E-state index contributed by atoms with van der Waals surface area (Å²) in [5, 5.41) is 0. The molecule has 0 N–H and O–H groups in total. The first-order valence-electron chi connectivity index (χ1n) is 3.77. The summed E-state index contributed by atoms with van der Waals surface area (Å²) in [4.78, 5) is -1.15. The summed E-state index contributed by atoms with van der Waals surface area (Å²) < 4.78 is 56.5. The molecule has 0 saturated carbocycles. The third-order valence-electron chi connectivity index (χ3n) is 1.70. The van der Waals surface area contributed by atoms with Gasteiger partial charge in [0.15, 0.2) is 16.4 Å². The van der Waals surface area contributed by atoms with Crippen LogP contribution < -0.4 is 9.47 Å². The van der Waals surface area contributed by atoms with Gasteiger partial charge in [-0.15, -0.1) is 3.89 Å². The quantitative estimate of drug-likeness (QED) is 0.749. The monoisotopic (exact) mass is 238 g/mol. The van der Waals surface area contributed by atoms with Crippen LogP contribution in [0.3, 0.4) is 0 Å². The van der Waals surface area contributed by atoms with Crippen LogP contribution in [0.25, 0.3) is 0 Å². The van der Waals surface area contributed by atoms with E-state index in [1.807, 2.05) is 0 Å². The molecule has 0 radical (unpaired) electrons. The van der Waals surface area contributed by atoms with Crippen molar-refractivity contribution in [2.24, 2.45) is 0 Å². The second-order valence-corrected chi connectivity index (χ2v) is 3.83. The van der Waals surface area contributed by atoms with Crippen LogP contribution in [0.1, 0.15) is 0 Å². The fourth-order valence-electron chi connectivity index (χ4n) is 1.10. The Morgan fingerprint density at radius 2 is 1.80 bits per heavy atom. The maximum atomic E-state index is 13.1. The van der Waals surface area contributed by atoms with Gasteiger partial charge in [0.25, 0.3) is 0 Å². The van der Waals surface area contributed by atoms with E-state index in [2.05, 4.69) is 4.74 Å². The minimum atomic E-state index is -5.19. The minimum Gasteiger partial charge on any atom is -0.493 e. The molecule has 0 unspecified atom stereocenters. The molecule has 0 amide bonds. The van der Waals surface area contributed by atoms with E-state index in [0.717, 1.165) is 19.2 Å². The van der Waals surface area contributed by atoms with Crippen LogP contribution >= 0.6 is 0 Å². The topological polar surface area (TPSA) is 52.6 Å². The maximum Gasteiger partial charge on any atom is 0.338 e. The molecule has 0 spiro atoms. The van der Waals surface area contributed by atoms with Crippen molar-refractivity contribution < 1.29 is 26.2 Å². The van der Waals surface area contributed by atoms with Gasteiger partial charge in [0, 0.05) is 0 Å². The van der Waals surface area contributed by atoms with E-state index < -0.39 is 26.7 Å². The van der Waals surface area contributed by atoms with Gasteiger partial charge in [-0.1, -0.05) is 0 Å². The highest BCUT2D eigenvalue weighted by Gasteiger charge is 2.26. The molecular weight excluding hydrogens is 230 g/mol. The molecule has 4 nitrogen and oxygen atoms in total. The van der Waals surface area contributed by atoms with Crippen LogP contribution in [0.4, 0.5) is 8.28 Å². The Labute approximate surface area is 85.6 Å². The van der Waals surface area contributed by atoms with E-state index in [4.69, 9.17) is 4.74 Å². The minimum absolute atomic E-state index is 0.0601. The third kappa shape index (κ3) is 2.17. The highest BCUT2D eigenvalue weighted by atomic mass is 32.3. The van der Waals surface area contributed by atoms with Gasteiger partial charge in [-0.3, -0.25) is 0 Å². The van der Waals surface area contributed by atoms with E-state index in [9.17, 15) is 16.7 Å². The number of rotatable bonds is 3. The summed E-state index contributed by atoms with van der Waals surface area (Å²) in [5.74, 6) is -1.77. The van der Waals surface area contributed by atoms with E-state index >= 15 is 0 Å². The average Bonchev–Trinajstić information content (AvgIpc) is 2.15. The molecule has 0 aromatic heterocycles. The van der Waals surface area contributed by atoms with Crippen LogP contribution in [0.2, 0.25) is 0 Å². The summed E-state index contributed by atoms with van der Waals surface area (Å²) in [5.41, 5.74) is 0. The fraction of sp³-hybridized carbons (Fsp3) is 0.250. The molecule has 84 valence electrons. The van der Waals surface area contributed by atoms with Gasteiger partial charge in [0.05, 0.1) is 14.2 Å². The van der Waals surface area contributed by atoms with Gasteiger partial charge in [-0.2, -0.15) is 8.42 Å². The van der Waals surface area contributed by atoms with Crippen molar-refractivity contribution in [3.8, 4) is 11.5 Å². The first kappa shape index (κ1) is 11.7. The molecule has 1 aromatic carbocycles. The SMILES string of the molecule is COc1ccc(F)c(S(=O)(=O)F)c1OC. The van der Waals surface area contributed by atoms with Crippen molar-refractivity contribution in [3.63, 3.8) is 0 Å². The van der Waals surface area contributed by atoms with Gasteiger partial charge in [0.1, 0.15) is 5.82 Å². The van der Waals surface area contributed by atoms with E-state index in [0.29, 0.717) is 0 Å². The molecule has 0 fully saturated rings. The Bertz CT molecular complexity index is 470. The van der Waals surface area contributed by atoms with Gasteiger partial charge in [-0.05, 0) is 12.1 Å². The standard InChI is InChI=1S/C8H8F2O4S/c1-13-6-4-3-5(9)8(7(6)14-2)15(10,11)12/h3-4H,1-2H3. The Kier molecular flexibility index (Phi) is 3.13. The number of methoxy groups -OCH3 is 2. The number of hydrogen-bond donors (Lipinski definition) is 0. The lowest BCUT2D eigenvalue weighted by atomic mass is 10.3. The maximum absolute atomic E-state index is 13.1. The van der Waals surface area contributed by atoms with Gasteiger partial charge < -0.3 is 9.47 Å². The molecule has 0 aliphatic heterocycles. The smallest absolute Gasteiger partial charge is 0.338 e. The van der Waals surface area contributed by atoms with Gasteiger partial charge >= 0.3 is 10.2 Å². The van der Waals surface area contributed by atoms with Gasteiger partial charge in [-0.25, -0.2) is 4.39 Å². The predicted octanol–water partition coefficient (Wildman–Crippen LogP) is 1.50. The Morgan fingerprint density at radius 3 is 2.20 bits per heavy atom. The molecule has 1 aromatic rings. The number of benzene rings is 1. The molecule has 0 saturated heterocycles. The van der Waals surface area contributed by atoms with Crippen molar-refractivity contribution in [1.82, 2.24) is 0 Å². The second-order valence-electron chi connectivity index (χ2n) is 2.55. The summed E-state index contributed by atoms with van der Waals surface area (Å²) in [6.07, 6.45) is 0. The summed E-state index contributed by atoms with van der Waals surface area (Å²) in [7, 11) is -2.87. The largest absolute Gasteiger partial charge is 0.493 e. The van der Waals surface area contributed by atoms with E-state index in [-0.39, 0.29) is 5.75 Å². The van der Waals surface area contributed by atoms with Gasteiger partial charge in [0.2, 0.25) is 0 Å². The lowest BCUT2D eigenvalue weighted by molar-refractivity contribution is 0.340.